The summed E-state index contributed by atoms with van der Waals surface area (Å²) < 4.78 is 0. The molecule has 5 nitrogen and oxygen atoms in total. The van der Waals surface area contributed by atoms with Crippen molar-refractivity contribution in [3.63, 3.8) is 0 Å². The number of aromatic nitrogens is 2. The Hall–Kier alpha value is -1.66. The molecule has 2 aromatic rings. The van der Waals surface area contributed by atoms with Gasteiger partial charge >= 0.3 is 0 Å². The summed E-state index contributed by atoms with van der Waals surface area (Å²) in [4.78, 5) is 19.4. The van der Waals surface area contributed by atoms with Gasteiger partial charge in [0.2, 0.25) is 5.91 Å². The second kappa shape index (κ2) is 4.91. The van der Waals surface area contributed by atoms with Gasteiger partial charge in [-0.15, -0.1) is 0 Å². The van der Waals surface area contributed by atoms with Crippen molar-refractivity contribution >= 4 is 17.2 Å². The lowest BCUT2D eigenvalue weighted by Gasteiger charge is -2.22. The highest BCUT2D eigenvalue weighted by Crippen LogP contribution is 2.19. The molecule has 1 aliphatic heterocycles. The number of amides is 1. The van der Waals surface area contributed by atoms with E-state index in [-0.39, 0.29) is 11.9 Å². The number of H-pyrrole nitrogens is 1. The molecule has 94 valence electrons. The van der Waals surface area contributed by atoms with Gasteiger partial charge in [0, 0.05) is 25.2 Å². The molecule has 0 saturated heterocycles. The molecule has 0 radical (unpaired) electrons. The van der Waals surface area contributed by atoms with E-state index in [1.165, 1.54) is 0 Å². The van der Waals surface area contributed by atoms with Gasteiger partial charge in [-0.3, -0.25) is 4.79 Å². The smallest absolute Gasteiger partial charge is 0.243 e. The quantitative estimate of drug-likeness (QED) is 0.772. The highest BCUT2D eigenvalue weighted by atomic mass is 32.1. The van der Waals surface area contributed by atoms with Crippen molar-refractivity contribution in [1.82, 2.24) is 20.6 Å². The normalized spacial score (nSPS) is 18.3. The molecule has 1 atom stereocenters. The van der Waals surface area contributed by atoms with E-state index in [0.29, 0.717) is 6.54 Å². The molecule has 3 heterocycles. The Morgan fingerprint density at radius 3 is 3.39 bits per heavy atom. The van der Waals surface area contributed by atoms with Crippen molar-refractivity contribution in [3.05, 3.63) is 40.1 Å². The van der Waals surface area contributed by atoms with Crippen LogP contribution in [0.3, 0.4) is 0 Å². The zero-order valence-corrected chi connectivity index (χ0v) is 10.6. The third-order valence-electron chi connectivity index (χ3n) is 3.06. The number of imidazole rings is 1. The Balaban J connectivity index is 1.67. The van der Waals surface area contributed by atoms with Gasteiger partial charge in [-0.2, -0.15) is 11.3 Å². The van der Waals surface area contributed by atoms with Gasteiger partial charge < -0.3 is 15.6 Å². The molecule has 18 heavy (non-hydrogen) atoms. The molecule has 0 fully saturated rings. The summed E-state index contributed by atoms with van der Waals surface area (Å²) in [5, 5.41) is 10.2. The maximum atomic E-state index is 12.1. The Morgan fingerprint density at radius 2 is 2.56 bits per heavy atom. The number of thiophene rings is 1. The van der Waals surface area contributed by atoms with Crippen LogP contribution in [0.15, 0.2) is 23.2 Å². The number of carbonyl (C=O) groups excluding carboxylic acids is 1. The molecular weight excluding hydrogens is 248 g/mol. The van der Waals surface area contributed by atoms with E-state index in [2.05, 4.69) is 20.6 Å². The van der Waals surface area contributed by atoms with Crippen LogP contribution in [0.1, 0.15) is 23.0 Å². The Labute approximate surface area is 109 Å². The maximum absolute atomic E-state index is 12.1. The Kier molecular flexibility index (Phi) is 3.12. The monoisotopic (exact) mass is 262 g/mol. The summed E-state index contributed by atoms with van der Waals surface area (Å²) >= 11 is 1.63. The molecule has 3 rings (SSSR count). The lowest BCUT2D eigenvalue weighted by atomic mass is 10.1. The topological polar surface area (TPSA) is 69.8 Å². The second-order valence-electron chi connectivity index (χ2n) is 4.25. The minimum atomic E-state index is -0.335. The SMILES string of the molecule is O=C(NCc1ccsc1)[C@@H]1NCCc2[nH]cnc21. The summed E-state index contributed by atoms with van der Waals surface area (Å²) in [5.41, 5.74) is 3.01. The largest absolute Gasteiger partial charge is 0.350 e. The van der Waals surface area contributed by atoms with E-state index in [1.54, 1.807) is 17.7 Å². The lowest BCUT2D eigenvalue weighted by Crippen LogP contribution is -2.41. The highest BCUT2D eigenvalue weighted by molar-refractivity contribution is 7.07. The molecule has 1 aliphatic rings. The maximum Gasteiger partial charge on any atom is 0.243 e. The summed E-state index contributed by atoms with van der Waals surface area (Å²) in [6.45, 7) is 1.37. The fourth-order valence-corrected chi connectivity index (χ4v) is 2.79. The molecular formula is C12H14N4OS. The van der Waals surface area contributed by atoms with Crippen molar-refractivity contribution in [3.8, 4) is 0 Å². The minimum Gasteiger partial charge on any atom is -0.350 e. The van der Waals surface area contributed by atoms with Gasteiger partial charge in [0.05, 0.1) is 12.0 Å². The second-order valence-corrected chi connectivity index (χ2v) is 5.03. The number of nitrogens with zero attached hydrogens (tertiary/aromatic N) is 1. The average Bonchev–Trinajstić information content (AvgIpc) is 3.05. The standard InChI is InChI=1S/C12H14N4OS/c17-12(14-5-8-2-4-18-6-8)11-10-9(1-3-13-11)15-7-16-10/h2,4,6-7,11,13H,1,3,5H2,(H,14,17)(H,15,16)/t11-/m1/s1. The molecule has 1 amide bonds. The van der Waals surface area contributed by atoms with Gasteiger partial charge in [-0.1, -0.05) is 0 Å². The van der Waals surface area contributed by atoms with E-state index in [4.69, 9.17) is 0 Å². The van der Waals surface area contributed by atoms with E-state index in [0.717, 1.165) is 29.9 Å². The average molecular weight is 262 g/mol. The number of fused-ring (bicyclic) bond motifs is 1. The van der Waals surface area contributed by atoms with Crippen molar-refractivity contribution in [1.29, 1.82) is 0 Å². The van der Waals surface area contributed by atoms with Crippen molar-refractivity contribution in [2.24, 2.45) is 0 Å². The van der Waals surface area contributed by atoms with Crippen molar-refractivity contribution < 1.29 is 4.79 Å². The predicted octanol–water partition coefficient (Wildman–Crippen LogP) is 0.974. The van der Waals surface area contributed by atoms with Crippen LogP contribution in [0.5, 0.6) is 0 Å². The molecule has 6 heteroatoms. The molecule has 0 aromatic carbocycles. The van der Waals surface area contributed by atoms with E-state index in [1.807, 2.05) is 16.8 Å². The number of hydrogen-bond donors (Lipinski definition) is 3. The van der Waals surface area contributed by atoms with Gasteiger partial charge in [-0.05, 0) is 22.4 Å². The predicted molar refractivity (Wildman–Crippen MR) is 69.2 cm³/mol. The first kappa shape index (κ1) is 11.4. The first-order valence-corrected chi connectivity index (χ1v) is 6.83. The van der Waals surface area contributed by atoms with Crippen LogP contribution in [0.4, 0.5) is 0 Å². The first-order valence-electron chi connectivity index (χ1n) is 5.89. The lowest BCUT2D eigenvalue weighted by molar-refractivity contribution is -0.123. The van der Waals surface area contributed by atoms with Crippen LogP contribution in [-0.2, 0) is 17.8 Å². The van der Waals surface area contributed by atoms with Gasteiger partial charge in [0.1, 0.15) is 6.04 Å². The molecule has 0 saturated carbocycles. The molecule has 3 N–H and O–H groups in total. The zero-order valence-electron chi connectivity index (χ0n) is 9.77. The van der Waals surface area contributed by atoms with E-state index in [9.17, 15) is 4.79 Å². The third kappa shape index (κ3) is 2.16. The fraction of sp³-hybridized carbons (Fsp3) is 0.333. The van der Waals surface area contributed by atoms with E-state index < -0.39 is 0 Å². The molecule has 0 spiro atoms. The van der Waals surface area contributed by atoms with Crippen molar-refractivity contribution in [2.75, 3.05) is 6.54 Å². The minimum absolute atomic E-state index is 0.0192. The van der Waals surface area contributed by atoms with Crippen LogP contribution in [0.25, 0.3) is 0 Å². The molecule has 0 aliphatic carbocycles. The van der Waals surface area contributed by atoms with Crippen LogP contribution in [-0.4, -0.2) is 22.4 Å². The number of carbonyl (C=O) groups is 1. The van der Waals surface area contributed by atoms with Crippen LogP contribution in [0.2, 0.25) is 0 Å². The Bertz CT molecular complexity index is 534. The highest BCUT2D eigenvalue weighted by Gasteiger charge is 2.27. The third-order valence-corrected chi connectivity index (χ3v) is 3.79. The zero-order chi connectivity index (χ0) is 12.4. The molecule has 0 unspecified atom stereocenters. The van der Waals surface area contributed by atoms with Gasteiger partial charge in [0.15, 0.2) is 0 Å². The van der Waals surface area contributed by atoms with E-state index >= 15 is 0 Å². The number of hydrogen-bond acceptors (Lipinski definition) is 4. The van der Waals surface area contributed by atoms with Crippen LogP contribution < -0.4 is 10.6 Å². The summed E-state index contributed by atoms with van der Waals surface area (Å²) in [6, 6.07) is 1.68. The van der Waals surface area contributed by atoms with Crippen molar-refractivity contribution in [2.45, 2.75) is 19.0 Å². The fourth-order valence-electron chi connectivity index (χ4n) is 2.12. The number of nitrogens with one attached hydrogen (secondary N) is 3. The molecule has 0 bridgehead atoms. The number of rotatable bonds is 3. The molecule has 2 aromatic heterocycles. The van der Waals surface area contributed by atoms with Crippen LogP contribution >= 0.6 is 11.3 Å². The van der Waals surface area contributed by atoms with Crippen LogP contribution in [0, 0.1) is 0 Å². The summed E-state index contributed by atoms with van der Waals surface area (Å²) in [6.07, 6.45) is 2.54. The summed E-state index contributed by atoms with van der Waals surface area (Å²) in [5.74, 6) is -0.0192. The van der Waals surface area contributed by atoms with Gasteiger partial charge in [0.25, 0.3) is 0 Å². The number of aromatic amines is 1. The van der Waals surface area contributed by atoms with Gasteiger partial charge in [-0.25, -0.2) is 4.98 Å². The Morgan fingerprint density at radius 1 is 1.61 bits per heavy atom. The first-order chi connectivity index (χ1) is 8.84. The summed E-state index contributed by atoms with van der Waals surface area (Å²) in [7, 11) is 0.